The van der Waals surface area contributed by atoms with Crippen LogP contribution in [0.4, 0.5) is 0 Å². The van der Waals surface area contributed by atoms with E-state index in [1.165, 1.54) is 36.8 Å². The number of nitrogens with one attached hydrogen (secondary N) is 5. The van der Waals surface area contributed by atoms with Crippen LogP contribution in [-0.2, 0) is 43.2 Å². The van der Waals surface area contributed by atoms with Crippen molar-refractivity contribution in [2.24, 2.45) is 11.7 Å². The second kappa shape index (κ2) is 18.5. The van der Waals surface area contributed by atoms with E-state index in [2.05, 4.69) is 43.9 Å². The largest absolute Gasteiger partial charge is 0.508 e. The zero-order valence-corrected chi connectivity index (χ0v) is 28.0. The lowest BCUT2D eigenvalue weighted by Crippen LogP contribution is -2.59. The van der Waals surface area contributed by atoms with Crippen LogP contribution in [0, 0.1) is 5.92 Å². The molecule has 0 aliphatic heterocycles. The monoisotopic (exact) mass is 697 g/mol. The summed E-state index contributed by atoms with van der Waals surface area (Å²) in [6.45, 7) is 3.81. The molecule has 0 aliphatic rings. The Balaban J connectivity index is 1.90. The number of phenolic OH excluding ortho intramolecular Hbond substituents is 2. The molecule has 49 heavy (non-hydrogen) atoms. The molecule has 1 aromatic heterocycles. The summed E-state index contributed by atoms with van der Waals surface area (Å²) in [4.78, 5) is 72.5. The van der Waals surface area contributed by atoms with Crippen molar-refractivity contribution in [2.75, 3.05) is 5.75 Å². The van der Waals surface area contributed by atoms with E-state index in [0.29, 0.717) is 23.2 Å². The molecule has 16 heteroatoms. The number of aromatic nitrogens is 2. The number of hydrogen-bond donors (Lipinski definition) is 10. The highest BCUT2D eigenvalue weighted by Gasteiger charge is 2.32. The first-order valence-corrected chi connectivity index (χ1v) is 16.2. The van der Waals surface area contributed by atoms with Crippen molar-refractivity contribution in [3.8, 4) is 11.5 Å². The Morgan fingerprint density at radius 2 is 1.16 bits per heavy atom. The Morgan fingerprint density at radius 1 is 0.735 bits per heavy atom. The number of aromatic amines is 1. The summed E-state index contributed by atoms with van der Waals surface area (Å²) in [6, 6.07) is 5.90. The first kappa shape index (κ1) is 38.4. The molecule has 264 valence electrons. The number of nitrogens with two attached hydrogens (primary N) is 1. The topological polar surface area (TPSA) is 249 Å². The van der Waals surface area contributed by atoms with E-state index in [4.69, 9.17) is 5.73 Å². The van der Waals surface area contributed by atoms with Gasteiger partial charge in [0.1, 0.15) is 35.7 Å². The zero-order chi connectivity index (χ0) is 36.1. The summed E-state index contributed by atoms with van der Waals surface area (Å²) in [5, 5.41) is 39.2. The zero-order valence-electron chi connectivity index (χ0n) is 27.1. The quantitative estimate of drug-likeness (QED) is 0.0808. The van der Waals surface area contributed by atoms with Crippen LogP contribution in [0.25, 0.3) is 0 Å². The molecule has 1 heterocycles. The summed E-state index contributed by atoms with van der Waals surface area (Å²) in [6.07, 6.45) is 3.03. The van der Waals surface area contributed by atoms with E-state index in [1.54, 1.807) is 24.3 Å². The first-order valence-electron chi connectivity index (χ1n) is 15.6. The molecule has 3 rings (SSSR count). The summed E-state index contributed by atoms with van der Waals surface area (Å²) in [5.41, 5.74) is 7.71. The van der Waals surface area contributed by atoms with Crippen LogP contribution in [-0.4, -0.2) is 90.8 Å². The molecule has 0 unspecified atom stereocenters. The Kier molecular flexibility index (Phi) is 14.4. The number of nitrogens with zero attached hydrogens (tertiary/aromatic N) is 1. The van der Waals surface area contributed by atoms with Gasteiger partial charge >= 0.3 is 5.97 Å². The summed E-state index contributed by atoms with van der Waals surface area (Å²) in [7, 11) is 0. The number of thiol groups is 1. The standard InChI is InChI=1S/C33H43N7O8S/c1-18(2)11-24(34)29(43)37-25(12-19-3-7-22(41)8-4-19)30(44)39-27(14-21-15-35-17-36-21)32(46)38-26(13-20-5-9-23(42)10-6-20)31(45)40-28(16-49)33(47)48/h3-10,15,17-18,24-28,41-42,49H,11-14,16,34H2,1-2H3,(H,35,36)(H,37,43)(H,38,46)(H,39,44)(H,40,45)(H,47,48)/t24-,25-,26-,27-,28-/m0/s1. The smallest absolute Gasteiger partial charge is 0.327 e. The molecule has 0 radical (unpaired) electrons. The van der Waals surface area contributed by atoms with Crippen LogP contribution in [0.2, 0.25) is 0 Å². The summed E-state index contributed by atoms with van der Waals surface area (Å²) < 4.78 is 0. The third-order valence-electron chi connectivity index (χ3n) is 7.49. The number of H-pyrrole nitrogens is 1. The highest BCUT2D eigenvalue weighted by atomic mass is 32.1. The van der Waals surface area contributed by atoms with Gasteiger partial charge in [-0.2, -0.15) is 12.6 Å². The third-order valence-corrected chi connectivity index (χ3v) is 7.85. The minimum absolute atomic E-state index is 0.00314. The van der Waals surface area contributed by atoms with Gasteiger partial charge < -0.3 is 47.3 Å². The van der Waals surface area contributed by atoms with Gasteiger partial charge in [0.15, 0.2) is 0 Å². The number of amides is 4. The Hall–Kier alpha value is -5.09. The molecular weight excluding hydrogens is 654 g/mol. The number of hydrogen-bond acceptors (Lipinski definition) is 10. The van der Waals surface area contributed by atoms with Gasteiger partial charge in [0, 0.05) is 36.9 Å². The van der Waals surface area contributed by atoms with Crippen molar-refractivity contribution >= 4 is 42.2 Å². The van der Waals surface area contributed by atoms with Crippen LogP contribution in [0.5, 0.6) is 11.5 Å². The van der Waals surface area contributed by atoms with Crippen molar-refractivity contribution in [3.05, 3.63) is 77.9 Å². The highest BCUT2D eigenvalue weighted by Crippen LogP contribution is 2.14. The van der Waals surface area contributed by atoms with Crippen LogP contribution in [0.1, 0.15) is 37.1 Å². The maximum atomic E-state index is 13.9. The number of aliphatic carboxylic acids is 1. The van der Waals surface area contributed by atoms with Gasteiger partial charge in [-0.3, -0.25) is 19.2 Å². The van der Waals surface area contributed by atoms with E-state index in [9.17, 15) is 39.3 Å². The van der Waals surface area contributed by atoms with Crippen LogP contribution in [0.3, 0.4) is 0 Å². The lowest BCUT2D eigenvalue weighted by Gasteiger charge is -2.26. The van der Waals surface area contributed by atoms with Crippen LogP contribution in [0.15, 0.2) is 61.1 Å². The van der Waals surface area contributed by atoms with E-state index >= 15 is 0 Å². The molecule has 0 saturated carbocycles. The van der Waals surface area contributed by atoms with E-state index < -0.39 is 59.8 Å². The number of carboxylic acid groups (broad SMARTS) is 1. The number of rotatable bonds is 18. The fourth-order valence-corrected chi connectivity index (χ4v) is 5.12. The van der Waals surface area contributed by atoms with Crippen molar-refractivity contribution in [1.82, 2.24) is 31.2 Å². The molecule has 0 spiro atoms. The second-order valence-corrected chi connectivity index (χ2v) is 12.4. The Bertz CT molecular complexity index is 1550. The maximum absolute atomic E-state index is 13.9. The summed E-state index contributed by atoms with van der Waals surface area (Å²) >= 11 is 3.99. The number of carboxylic acids is 1. The second-order valence-electron chi connectivity index (χ2n) is 12.0. The summed E-state index contributed by atoms with van der Waals surface area (Å²) in [5.74, 6) is -4.32. The average molecular weight is 698 g/mol. The molecule has 4 amide bonds. The van der Waals surface area contributed by atoms with E-state index in [-0.39, 0.29) is 42.4 Å². The molecule has 3 aromatic rings. The lowest BCUT2D eigenvalue weighted by atomic mass is 10.0. The van der Waals surface area contributed by atoms with Crippen molar-refractivity contribution in [2.45, 2.75) is 69.7 Å². The molecule has 10 N–H and O–H groups in total. The maximum Gasteiger partial charge on any atom is 0.327 e. The van der Waals surface area contributed by atoms with Gasteiger partial charge in [-0.05, 0) is 47.7 Å². The van der Waals surface area contributed by atoms with Crippen LogP contribution < -0.4 is 27.0 Å². The van der Waals surface area contributed by atoms with Gasteiger partial charge in [0.2, 0.25) is 23.6 Å². The fourth-order valence-electron chi connectivity index (χ4n) is 4.88. The Labute approximate surface area is 288 Å². The number of imidazole rings is 1. The number of carbonyl (C=O) groups excluding carboxylic acids is 4. The molecule has 0 bridgehead atoms. The lowest BCUT2D eigenvalue weighted by molar-refractivity contribution is -0.141. The Morgan fingerprint density at radius 3 is 1.55 bits per heavy atom. The van der Waals surface area contributed by atoms with Gasteiger partial charge in [-0.25, -0.2) is 9.78 Å². The number of benzene rings is 2. The van der Waals surface area contributed by atoms with Gasteiger partial charge in [-0.15, -0.1) is 0 Å². The predicted octanol–water partition coefficient (Wildman–Crippen LogP) is 0.176. The van der Waals surface area contributed by atoms with E-state index in [0.717, 1.165) is 0 Å². The van der Waals surface area contributed by atoms with Crippen molar-refractivity contribution in [3.63, 3.8) is 0 Å². The SMILES string of the molecule is CC(C)C[C@H](N)C(=O)N[C@@H](Cc1ccc(O)cc1)C(=O)N[C@@H](Cc1cnc[nH]1)C(=O)N[C@@H](Cc1ccc(O)cc1)C(=O)N[C@@H](CS)C(=O)O. The minimum Gasteiger partial charge on any atom is -0.508 e. The van der Waals surface area contributed by atoms with E-state index in [1.807, 2.05) is 13.8 Å². The molecule has 5 atom stereocenters. The molecule has 15 nitrogen and oxygen atoms in total. The van der Waals surface area contributed by atoms with Crippen molar-refractivity contribution in [1.29, 1.82) is 0 Å². The molecule has 0 aliphatic carbocycles. The normalized spacial score (nSPS) is 14.1. The minimum atomic E-state index is -1.35. The van der Waals surface area contributed by atoms with Gasteiger partial charge in [0.25, 0.3) is 0 Å². The highest BCUT2D eigenvalue weighted by molar-refractivity contribution is 7.80. The fraction of sp³-hybridized carbons (Fsp3) is 0.394. The predicted molar refractivity (Wildman–Crippen MR) is 183 cm³/mol. The molecular formula is C33H43N7O8S. The first-order chi connectivity index (χ1) is 23.2. The van der Waals surface area contributed by atoms with Crippen LogP contribution >= 0.6 is 12.6 Å². The number of aromatic hydroxyl groups is 2. The third kappa shape index (κ3) is 12.5. The number of carbonyl (C=O) groups is 5. The molecule has 0 saturated heterocycles. The van der Waals surface area contributed by atoms with Crippen molar-refractivity contribution < 1.29 is 39.3 Å². The average Bonchev–Trinajstić information content (AvgIpc) is 3.57. The molecule has 0 fully saturated rings. The number of phenols is 2. The molecule has 2 aromatic carbocycles. The van der Waals surface area contributed by atoms with Gasteiger partial charge in [-0.1, -0.05) is 38.1 Å². The van der Waals surface area contributed by atoms with Gasteiger partial charge in [0.05, 0.1) is 12.4 Å².